The lowest BCUT2D eigenvalue weighted by molar-refractivity contribution is -0.137. The first-order chi connectivity index (χ1) is 15.2. The Morgan fingerprint density at radius 1 is 1.12 bits per heavy atom. The molecule has 1 aromatic carbocycles. The number of amides is 2. The Morgan fingerprint density at radius 2 is 1.91 bits per heavy atom. The summed E-state index contributed by atoms with van der Waals surface area (Å²) in [5.41, 5.74) is 0.992. The van der Waals surface area contributed by atoms with Gasteiger partial charge in [0, 0.05) is 25.2 Å². The van der Waals surface area contributed by atoms with Crippen LogP contribution in [0.15, 0.2) is 42.7 Å². The van der Waals surface area contributed by atoms with Gasteiger partial charge in [-0.05, 0) is 42.2 Å². The molecule has 0 aliphatic heterocycles. The summed E-state index contributed by atoms with van der Waals surface area (Å²) in [4.78, 5) is 32.3. The molecule has 0 aliphatic carbocycles. The topological polar surface area (TPSA) is 84.0 Å². The lowest BCUT2D eigenvalue weighted by atomic mass is 10.0. The third-order valence-electron chi connectivity index (χ3n) is 4.31. The fourth-order valence-corrected chi connectivity index (χ4v) is 3.29. The van der Waals surface area contributed by atoms with Crippen molar-refractivity contribution in [3.05, 3.63) is 75.6 Å². The molecule has 164 valence electrons. The van der Waals surface area contributed by atoms with Crippen LogP contribution in [0.5, 0.6) is 0 Å². The number of benzene rings is 1. The van der Waals surface area contributed by atoms with Gasteiger partial charge in [-0.15, -0.1) is 0 Å². The van der Waals surface area contributed by atoms with Crippen molar-refractivity contribution < 1.29 is 22.8 Å². The summed E-state index contributed by atoms with van der Waals surface area (Å²) < 4.78 is 38.6. The highest BCUT2D eigenvalue weighted by Gasteiger charge is 2.31. The Morgan fingerprint density at radius 3 is 2.62 bits per heavy atom. The van der Waals surface area contributed by atoms with Crippen molar-refractivity contribution in [2.75, 3.05) is 12.4 Å². The van der Waals surface area contributed by atoms with E-state index < -0.39 is 17.5 Å². The molecule has 0 spiro atoms. The van der Waals surface area contributed by atoms with Crippen LogP contribution in [-0.2, 0) is 12.6 Å². The number of carbonyl (C=O) groups is 2. The van der Waals surface area contributed by atoms with E-state index in [1.165, 1.54) is 24.6 Å². The Bertz CT molecular complexity index is 1230. The van der Waals surface area contributed by atoms with Crippen LogP contribution in [0.25, 0.3) is 0 Å². The van der Waals surface area contributed by atoms with Gasteiger partial charge in [-0.2, -0.15) is 13.2 Å². The van der Waals surface area contributed by atoms with E-state index in [0.29, 0.717) is 21.1 Å². The zero-order valence-corrected chi connectivity index (χ0v) is 17.8. The molecule has 10 heteroatoms. The fraction of sp³-hybridized carbons (Fsp3) is 0.182. The summed E-state index contributed by atoms with van der Waals surface area (Å²) >= 11 is 1.21. The van der Waals surface area contributed by atoms with Crippen molar-refractivity contribution in [1.82, 2.24) is 15.3 Å². The number of hydrogen-bond acceptors (Lipinski definition) is 5. The monoisotopic (exact) mass is 458 g/mol. The predicted molar refractivity (Wildman–Crippen MR) is 115 cm³/mol. The number of aryl methyl sites for hydroxylation is 1. The third-order valence-corrected chi connectivity index (χ3v) is 5.14. The van der Waals surface area contributed by atoms with E-state index in [2.05, 4.69) is 32.4 Å². The minimum Gasteiger partial charge on any atom is -0.341 e. The summed E-state index contributed by atoms with van der Waals surface area (Å²) in [6.45, 7) is 1.86. The first-order valence-electron chi connectivity index (χ1n) is 9.28. The number of alkyl halides is 3. The van der Waals surface area contributed by atoms with Gasteiger partial charge in [-0.1, -0.05) is 29.4 Å². The van der Waals surface area contributed by atoms with Gasteiger partial charge >= 0.3 is 12.2 Å². The van der Waals surface area contributed by atoms with E-state index in [9.17, 15) is 22.8 Å². The molecule has 0 aliphatic rings. The molecule has 0 bridgehead atoms. The van der Waals surface area contributed by atoms with Crippen molar-refractivity contribution >= 4 is 28.3 Å². The summed E-state index contributed by atoms with van der Waals surface area (Å²) in [6, 6.07) is 6.43. The van der Waals surface area contributed by atoms with Gasteiger partial charge in [0.05, 0.1) is 16.6 Å². The number of nitrogens with one attached hydrogen (secondary N) is 2. The molecule has 0 unspecified atom stereocenters. The van der Waals surface area contributed by atoms with Crippen molar-refractivity contribution in [3.63, 3.8) is 0 Å². The van der Waals surface area contributed by atoms with Crippen LogP contribution in [-0.4, -0.2) is 28.8 Å². The SMILES string of the molecule is CNC(=O)Nc1ncc(C#Cc2cc(CC(=O)c3cc(C(F)(F)F)ccn3)ccc2C)s1. The van der Waals surface area contributed by atoms with Crippen molar-refractivity contribution in [1.29, 1.82) is 0 Å². The van der Waals surface area contributed by atoms with Gasteiger partial charge in [0.2, 0.25) is 0 Å². The standard InChI is InChI=1S/C22H17F3N4O2S/c1-13-3-4-14(10-19(30)18-11-16(7-8-27-18)22(23,24)25)9-15(13)5-6-17-12-28-21(32-17)29-20(31)26-2/h3-4,7-9,11-12H,10H2,1-2H3,(H2,26,28,29,31). The van der Waals surface area contributed by atoms with Crippen LogP contribution in [0.2, 0.25) is 0 Å². The maximum absolute atomic E-state index is 12.9. The van der Waals surface area contributed by atoms with Gasteiger partial charge in [-0.3, -0.25) is 15.1 Å². The lowest BCUT2D eigenvalue weighted by Gasteiger charge is -2.08. The number of Topliss-reactive ketones (excluding diaryl/α,β-unsaturated/α-hetero) is 1. The smallest absolute Gasteiger partial charge is 0.341 e. The van der Waals surface area contributed by atoms with E-state index in [0.717, 1.165) is 23.9 Å². The van der Waals surface area contributed by atoms with E-state index in [1.54, 1.807) is 18.2 Å². The highest BCUT2D eigenvalue weighted by atomic mass is 32.1. The van der Waals surface area contributed by atoms with Crippen molar-refractivity contribution in [2.24, 2.45) is 0 Å². The molecule has 0 fully saturated rings. The Kier molecular flexibility index (Phi) is 6.90. The highest BCUT2D eigenvalue weighted by Crippen LogP contribution is 2.29. The summed E-state index contributed by atoms with van der Waals surface area (Å²) in [5, 5.41) is 5.38. The second kappa shape index (κ2) is 9.62. The molecule has 3 rings (SSSR count). The quantitative estimate of drug-likeness (QED) is 0.447. The Balaban J connectivity index is 1.76. The molecular weight excluding hydrogens is 441 g/mol. The van der Waals surface area contributed by atoms with Crippen LogP contribution >= 0.6 is 11.3 Å². The number of carbonyl (C=O) groups excluding carboxylic acids is 2. The largest absolute Gasteiger partial charge is 0.416 e. The van der Waals surface area contributed by atoms with Crippen LogP contribution < -0.4 is 10.6 Å². The number of rotatable bonds is 4. The maximum atomic E-state index is 12.9. The van der Waals surface area contributed by atoms with E-state index in [-0.39, 0.29) is 18.1 Å². The molecule has 2 aromatic heterocycles. The van der Waals surface area contributed by atoms with Gasteiger partial charge < -0.3 is 5.32 Å². The molecule has 6 nitrogen and oxygen atoms in total. The minimum absolute atomic E-state index is 0.107. The first kappa shape index (κ1) is 23.0. The van der Waals surface area contributed by atoms with Gasteiger partial charge in [0.1, 0.15) is 5.69 Å². The normalized spacial score (nSPS) is 10.8. The number of aromatic nitrogens is 2. The van der Waals surface area contributed by atoms with Crippen molar-refractivity contribution in [3.8, 4) is 11.8 Å². The van der Waals surface area contributed by atoms with Gasteiger partial charge in [-0.25, -0.2) is 9.78 Å². The molecule has 2 amide bonds. The fourth-order valence-electron chi connectivity index (χ4n) is 2.63. The lowest BCUT2D eigenvalue weighted by Crippen LogP contribution is -2.24. The summed E-state index contributed by atoms with van der Waals surface area (Å²) in [7, 11) is 1.49. The number of pyridine rings is 1. The minimum atomic E-state index is -4.54. The van der Waals surface area contributed by atoms with Crippen LogP contribution in [0, 0.1) is 18.8 Å². The Labute approximate surface area is 185 Å². The molecule has 0 radical (unpaired) electrons. The van der Waals surface area contributed by atoms with Crippen LogP contribution in [0.4, 0.5) is 23.1 Å². The van der Waals surface area contributed by atoms with E-state index in [4.69, 9.17) is 0 Å². The second-order valence-corrected chi connectivity index (χ2v) is 7.69. The molecule has 2 heterocycles. The molecule has 0 saturated carbocycles. The van der Waals surface area contributed by atoms with Gasteiger partial charge in [0.15, 0.2) is 10.9 Å². The van der Waals surface area contributed by atoms with E-state index in [1.807, 2.05) is 6.92 Å². The number of anilines is 1. The molecule has 0 saturated heterocycles. The second-order valence-electron chi connectivity index (χ2n) is 6.66. The zero-order chi connectivity index (χ0) is 23.3. The summed E-state index contributed by atoms with van der Waals surface area (Å²) in [5.74, 6) is 5.45. The molecule has 3 aromatic rings. The zero-order valence-electron chi connectivity index (χ0n) is 17.0. The highest BCUT2D eigenvalue weighted by molar-refractivity contribution is 7.16. The summed E-state index contributed by atoms with van der Waals surface area (Å²) in [6.07, 6.45) is -2.14. The number of thiazole rings is 1. The number of hydrogen-bond donors (Lipinski definition) is 2. The van der Waals surface area contributed by atoms with Crippen molar-refractivity contribution in [2.45, 2.75) is 19.5 Å². The van der Waals surface area contributed by atoms with Gasteiger partial charge in [0.25, 0.3) is 0 Å². The molecule has 0 atom stereocenters. The number of ketones is 1. The number of nitrogens with zero attached hydrogens (tertiary/aromatic N) is 2. The molecule has 2 N–H and O–H groups in total. The molecular formula is C22H17F3N4O2S. The predicted octanol–water partition coefficient (Wildman–Crippen LogP) is 4.44. The Hall–Kier alpha value is -3.71. The average Bonchev–Trinajstić information content (AvgIpc) is 3.20. The van der Waals surface area contributed by atoms with E-state index >= 15 is 0 Å². The first-order valence-corrected chi connectivity index (χ1v) is 10.1. The number of urea groups is 1. The maximum Gasteiger partial charge on any atom is 0.416 e. The van der Waals surface area contributed by atoms with Crippen LogP contribution in [0.3, 0.4) is 0 Å². The van der Waals surface area contributed by atoms with Crippen LogP contribution in [0.1, 0.15) is 37.6 Å². The molecule has 32 heavy (non-hydrogen) atoms. The average molecular weight is 458 g/mol. The third kappa shape index (κ3) is 5.92. The number of halogens is 3.